The third-order valence-electron chi connectivity index (χ3n) is 4.49. The molecule has 4 aromatic rings. The van der Waals surface area contributed by atoms with Gasteiger partial charge in [0.25, 0.3) is 0 Å². The number of rotatable bonds is 6. The van der Waals surface area contributed by atoms with Crippen LogP contribution < -0.4 is 5.32 Å². The van der Waals surface area contributed by atoms with E-state index in [1.54, 1.807) is 18.6 Å². The molecule has 9 heteroatoms. The number of hydrogen-bond donors (Lipinski definition) is 1. The number of halogens is 1. The van der Waals surface area contributed by atoms with Gasteiger partial charge in [-0.3, -0.25) is 14.3 Å². The SMILES string of the molecule is Cc1ccc(-n2c(SCC(=O)Nc3ccc(Br)c(C)c3)nnc2-c2cnccn2)cc1. The largest absolute Gasteiger partial charge is 0.325 e. The number of carbonyl (C=O) groups is 1. The lowest BCUT2D eigenvalue weighted by molar-refractivity contribution is -0.113. The Morgan fingerprint density at radius 3 is 2.61 bits per heavy atom. The number of aromatic nitrogens is 5. The number of carbonyl (C=O) groups excluding carboxylic acids is 1. The Morgan fingerprint density at radius 1 is 1.10 bits per heavy atom. The molecule has 0 aliphatic carbocycles. The molecule has 0 bridgehead atoms. The second-order valence-electron chi connectivity index (χ2n) is 6.87. The van der Waals surface area contributed by atoms with Gasteiger partial charge < -0.3 is 5.32 Å². The minimum absolute atomic E-state index is 0.119. The molecule has 0 atom stereocenters. The third-order valence-corrected chi connectivity index (χ3v) is 6.31. The van der Waals surface area contributed by atoms with Crippen LogP contribution in [-0.4, -0.2) is 36.4 Å². The summed E-state index contributed by atoms with van der Waals surface area (Å²) in [5.74, 6) is 0.647. The maximum absolute atomic E-state index is 12.5. The molecular formula is C22H19BrN6OS. The molecule has 0 saturated heterocycles. The Labute approximate surface area is 192 Å². The number of benzene rings is 2. The number of thioether (sulfide) groups is 1. The fourth-order valence-corrected chi connectivity index (χ4v) is 3.92. The Hall–Kier alpha value is -3.04. The topological polar surface area (TPSA) is 85.6 Å². The molecule has 2 aromatic heterocycles. The highest BCUT2D eigenvalue weighted by Gasteiger charge is 2.18. The van der Waals surface area contributed by atoms with Crippen LogP contribution in [0, 0.1) is 13.8 Å². The van der Waals surface area contributed by atoms with Gasteiger partial charge in [-0.1, -0.05) is 45.4 Å². The number of nitrogens with one attached hydrogen (secondary N) is 1. The van der Waals surface area contributed by atoms with Gasteiger partial charge in [-0.05, 0) is 49.7 Å². The van der Waals surface area contributed by atoms with Gasteiger partial charge in [0, 0.05) is 28.2 Å². The summed E-state index contributed by atoms with van der Waals surface area (Å²) < 4.78 is 2.90. The van der Waals surface area contributed by atoms with E-state index in [0.717, 1.165) is 27.0 Å². The van der Waals surface area contributed by atoms with Crippen molar-refractivity contribution in [1.82, 2.24) is 24.7 Å². The molecule has 1 N–H and O–H groups in total. The van der Waals surface area contributed by atoms with E-state index in [9.17, 15) is 4.79 Å². The Morgan fingerprint density at radius 2 is 1.90 bits per heavy atom. The predicted octanol–water partition coefficient (Wildman–Crippen LogP) is 4.83. The number of nitrogens with zero attached hydrogens (tertiary/aromatic N) is 5. The third kappa shape index (κ3) is 5.00. The van der Waals surface area contributed by atoms with Crippen molar-refractivity contribution in [2.75, 3.05) is 11.1 Å². The van der Waals surface area contributed by atoms with Gasteiger partial charge in [-0.2, -0.15) is 0 Å². The van der Waals surface area contributed by atoms with Gasteiger partial charge in [0.2, 0.25) is 5.91 Å². The van der Waals surface area contributed by atoms with Crippen LogP contribution in [0.25, 0.3) is 17.2 Å². The summed E-state index contributed by atoms with van der Waals surface area (Å²) in [6, 6.07) is 13.7. The first-order valence-electron chi connectivity index (χ1n) is 9.49. The van der Waals surface area contributed by atoms with Crippen molar-refractivity contribution in [3.63, 3.8) is 0 Å². The first-order chi connectivity index (χ1) is 15.0. The van der Waals surface area contributed by atoms with E-state index in [2.05, 4.69) is 41.4 Å². The van der Waals surface area contributed by atoms with E-state index in [1.807, 2.05) is 60.9 Å². The average molecular weight is 495 g/mol. The molecule has 0 aliphatic heterocycles. The van der Waals surface area contributed by atoms with Crippen LogP contribution in [0.4, 0.5) is 5.69 Å². The van der Waals surface area contributed by atoms with E-state index >= 15 is 0 Å². The quantitative estimate of drug-likeness (QED) is 0.386. The van der Waals surface area contributed by atoms with Crippen LogP contribution in [0.15, 0.2) is 70.7 Å². The predicted molar refractivity (Wildman–Crippen MR) is 125 cm³/mol. The molecule has 0 aliphatic rings. The molecule has 2 heterocycles. The zero-order valence-electron chi connectivity index (χ0n) is 16.9. The normalized spacial score (nSPS) is 10.8. The highest BCUT2D eigenvalue weighted by atomic mass is 79.9. The lowest BCUT2D eigenvalue weighted by atomic mass is 10.2. The molecule has 156 valence electrons. The van der Waals surface area contributed by atoms with Crippen molar-refractivity contribution in [3.8, 4) is 17.2 Å². The van der Waals surface area contributed by atoms with Gasteiger partial charge in [-0.15, -0.1) is 10.2 Å². The molecule has 0 unspecified atom stereocenters. The van der Waals surface area contributed by atoms with Crippen LogP contribution in [0.3, 0.4) is 0 Å². The molecule has 0 radical (unpaired) electrons. The first kappa shape index (κ1) is 21.2. The number of anilines is 1. The van der Waals surface area contributed by atoms with Crippen molar-refractivity contribution in [2.24, 2.45) is 0 Å². The Bertz CT molecular complexity index is 1210. The summed E-state index contributed by atoms with van der Waals surface area (Å²) >= 11 is 4.78. The van der Waals surface area contributed by atoms with E-state index in [-0.39, 0.29) is 11.7 Å². The van der Waals surface area contributed by atoms with Crippen molar-refractivity contribution in [2.45, 2.75) is 19.0 Å². The monoisotopic (exact) mass is 494 g/mol. The maximum Gasteiger partial charge on any atom is 0.234 e. The van der Waals surface area contributed by atoms with Crippen LogP contribution >= 0.6 is 27.7 Å². The summed E-state index contributed by atoms with van der Waals surface area (Å²) in [7, 11) is 0. The van der Waals surface area contributed by atoms with E-state index in [4.69, 9.17) is 0 Å². The molecule has 0 spiro atoms. The van der Waals surface area contributed by atoms with Gasteiger partial charge in [-0.25, -0.2) is 4.98 Å². The van der Waals surface area contributed by atoms with Gasteiger partial charge in [0.05, 0.1) is 11.9 Å². The Balaban J connectivity index is 1.57. The minimum Gasteiger partial charge on any atom is -0.325 e. The van der Waals surface area contributed by atoms with Crippen molar-refractivity contribution < 1.29 is 4.79 Å². The maximum atomic E-state index is 12.5. The molecule has 2 aromatic carbocycles. The second-order valence-corrected chi connectivity index (χ2v) is 8.67. The standard InChI is InChI=1S/C22H19BrN6OS/c1-14-3-6-17(7-4-14)29-21(19-12-24-9-10-25-19)27-28-22(29)31-13-20(30)26-16-5-8-18(23)15(2)11-16/h3-12H,13H2,1-2H3,(H,26,30). The molecule has 7 nitrogen and oxygen atoms in total. The second kappa shape index (κ2) is 9.40. The molecule has 1 amide bonds. The molecule has 0 saturated carbocycles. The van der Waals surface area contributed by atoms with Crippen molar-refractivity contribution >= 4 is 39.3 Å². The summed E-state index contributed by atoms with van der Waals surface area (Å²) in [5.41, 5.74) is 4.46. The molecule has 31 heavy (non-hydrogen) atoms. The fourth-order valence-electron chi connectivity index (χ4n) is 2.92. The average Bonchev–Trinajstić information content (AvgIpc) is 3.20. The number of aryl methyl sites for hydroxylation is 2. The zero-order valence-corrected chi connectivity index (χ0v) is 19.3. The van der Waals surface area contributed by atoms with Crippen LogP contribution in [0.1, 0.15) is 11.1 Å². The summed E-state index contributed by atoms with van der Waals surface area (Å²) in [4.78, 5) is 21.0. The van der Waals surface area contributed by atoms with Crippen LogP contribution in [-0.2, 0) is 4.79 Å². The van der Waals surface area contributed by atoms with Crippen LogP contribution in [0.2, 0.25) is 0 Å². The van der Waals surface area contributed by atoms with E-state index in [1.165, 1.54) is 11.8 Å². The zero-order chi connectivity index (χ0) is 21.8. The van der Waals surface area contributed by atoms with Crippen molar-refractivity contribution in [3.05, 3.63) is 76.7 Å². The molecule has 0 fully saturated rings. The molecular weight excluding hydrogens is 476 g/mol. The summed E-state index contributed by atoms with van der Waals surface area (Å²) in [6.45, 7) is 4.01. The van der Waals surface area contributed by atoms with Crippen LogP contribution in [0.5, 0.6) is 0 Å². The highest BCUT2D eigenvalue weighted by Crippen LogP contribution is 2.27. The summed E-state index contributed by atoms with van der Waals surface area (Å²) in [5, 5.41) is 12.2. The lowest BCUT2D eigenvalue weighted by Gasteiger charge is -2.10. The van der Waals surface area contributed by atoms with Gasteiger partial charge in [0.15, 0.2) is 11.0 Å². The highest BCUT2D eigenvalue weighted by molar-refractivity contribution is 9.10. The van der Waals surface area contributed by atoms with Crippen molar-refractivity contribution in [1.29, 1.82) is 0 Å². The molecule has 4 rings (SSSR count). The number of hydrogen-bond acceptors (Lipinski definition) is 6. The fraction of sp³-hybridized carbons (Fsp3) is 0.136. The Kier molecular flexibility index (Phi) is 6.43. The first-order valence-corrected chi connectivity index (χ1v) is 11.3. The lowest BCUT2D eigenvalue weighted by Crippen LogP contribution is -2.14. The number of amides is 1. The smallest absolute Gasteiger partial charge is 0.234 e. The van der Waals surface area contributed by atoms with E-state index in [0.29, 0.717) is 16.7 Å². The minimum atomic E-state index is -0.119. The summed E-state index contributed by atoms with van der Waals surface area (Å²) in [6.07, 6.45) is 4.87. The van der Waals surface area contributed by atoms with Gasteiger partial charge >= 0.3 is 0 Å². The van der Waals surface area contributed by atoms with Gasteiger partial charge in [0.1, 0.15) is 5.69 Å². The van der Waals surface area contributed by atoms with E-state index < -0.39 is 0 Å².